The molecule has 0 spiro atoms. The first-order chi connectivity index (χ1) is 14.4. The molecular weight excluding hydrogens is 391 g/mol. The van der Waals surface area contributed by atoms with Gasteiger partial charge in [0.05, 0.1) is 11.4 Å². The van der Waals surface area contributed by atoms with E-state index in [0.717, 1.165) is 22.8 Å². The molecule has 0 saturated heterocycles. The number of aryl methyl sites for hydroxylation is 1. The Morgan fingerprint density at radius 1 is 0.933 bits per heavy atom. The lowest BCUT2D eigenvalue weighted by molar-refractivity contribution is -0.141. The normalized spacial score (nSPS) is 11.6. The van der Waals surface area contributed by atoms with E-state index >= 15 is 0 Å². The zero-order valence-electron chi connectivity index (χ0n) is 16.1. The second-order valence-corrected chi connectivity index (χ2v) is 6.83. The van der Waals surface area contributed by atoms with Crippen molar-refractivity contribution in [2.45, 2.75) is 19.5 Å². The minimum absolute atomic E-state index is 0.200. The summed E-state index contributed by atoms with van der Waals surface area (Å²) in [6, 6.07) is 18.6. The van der Waals surface area contributed by atoms with Crippen LogP contribution in [0.3, 0.4) is 0 Å². The van der Waals surface area contributed by atoms with Crippen molar-refractivity contribution in [3.05, 3.63) is 94.5 Å². The maximum atomic E-state index is 13.4. The van der Waals surface area contributed by atoms with E-state index in [1.54, 1.807) is 48.7 Å². The Bertz CT molecular complexity index is 1220. The predicted molar refractivity (Wildman–Crippen MR) is 109 cm³/mol. The Balaban J connectivity index is 1.82. The molecule has 0 radical (unpaired) electrons. The second-order valence-electron chi connectivity index (χ2n) is 6.83. The molecule has 0 amide bonds. The molecule has 30 heavy (non-hydrogen) atoms. The van der Waals surface area contributed by atoms with Gasteiger partial charge in [-0.3, -0.25) is 4.79 Å². The fourth-order valence-electron chi connectivity index (χ4n) is 3.35. The summed E-state index contributed by atoms with van der Waals surface area (Å²) in [7, 11) is 0. The number of aromatic nitrogens is 3. The summed E-state index contributed by atoms with van der Waals surface area (Å²) in [5.41, 5.74) is 3.00. The van der Waals surface area contributed by atoms with Crippen molar-refractivity contribution in [2.24, 2.45) is 0 Å². The first-order valence-corrected chi connectivity index (χ1v) is 9.42. The molecular formula is C23H18F3N3O. The van der Waals surface area contributed by atoms with Crippen molar-refractivity contribution in [1.29, 1.82) is 0 Å². The van der Waals surface area contributed by atoms with E-state index in [9.17, 15) is 18.0 Å². The first-order valence-electron chi connectivity index (χ1n) is 9.42. The molecule has 0 unspecified atom stereocenters. The molecule has 4 rings (SSSR count). The Hall–Kier alpha value is -3.61. The van der Waals surface area contributed by atoms with Gasteiger partial charge in [0, 0.05) is 17.8 Å². The summed E-state index contributed by atoms with van der Waals surface area (Å²) in [5.74, 6) is 0. The second kappa shape index (κ2) is 7.67. The maximum absolute atomic E-state index is 13.4. The highest BCUT2D eigenvalue weighted by Crippen LogP contribution is 2.34. The molecule has 0 aliphatic rings. The number of aromatic amines is 1. The van der Waals surface area contributed by atoms with Gasteiger partial charge in [0.15, 0.2) is 5.69 Å². The van der Waals surface area contributed by atoms with Gasteiger partial charge in [-0.05, 0) is 41.3 Å². The molecule has 0 bridgehead atoms. The van der Waals surface area contributed by atoms with Crippen LogP contribution in [0, 0.1) is 0 Å². The van der Waals surface area contributed by atoms with Crippen LogP contribution in [0.5, 0.6) is 0 Å². The first kappa shape index (κ1) is 19.7. The van der Waals surface area contributed by atoms with Gasteiger partial charge in [-0.2, -0.15) is 18.3 Å². The third kappa shape index (κ3) is 3.78. The third-order valence-corrected chi connectivity index (χ3v) is 4.90. The van der Waals surface area contributed by atoms with E-state index in [2.05, 4.69) is 10.1 Å². The Labute approximate surface area is 170 Å². The quantitative estimate of drug-likeness (QED) is 0.486. The van der Waals surface area contributed by atoms with Gasteiger partial charge in [-0.25, -0.2) is 4.68 Å². The van der Waals surface area contributed by atoms with E-state index in [4.69, 9.17) is 0 Å². The van der Waals surface area contributed by atoms with Crippen molar-refractivity contribution in [3.8, 4) is 28.1 Å². The smallest absolute Gasteiger partial charge is 0.328 e. The van der Waals surface area contributed by atoms with Crippen molar-refractivity contribution < 1.29 is 13.2 Å². The van der Waals surface area contributed by atoms with Crippen LogP contribution >= 0.6 is 0 Å². The molecule has 0 aliphatic carbocycles. The molecule has 2 heterocycles. The summed E-state index contributed by atoms with van der Waals surface area (Å²) in [6.07, 6.45) is -2.28. The fourth-order valence-corrected chi connectivity index (χ4v) is 3.35. The minimum atomic E-state index is -4.54. The number of pyridine rings is 1. The van der Waals surface area contributed by atoms with Crippen molar-refractivity contribution in [2.75, 3.05) is 0 Å². The summed E-state index contributed by atoms with van der Waals surface area (Å²) in [6.45, 7) is 1.95. The summed E-state index contributed by atoms with van der Waals surface area (Å²) < 4.78 is 41.6. The molecule has 1 N–H and O–H groups in total. The molecule has 0 saturated carbocycles. The molecule has 0 aliphatic heterocycles. The van der Waals surface area contributed by atoms with Crippen LogP contribution in [0.4, 0.5) is 13.2 Å². The van der Waals surface area contributed by atoms with Crippen molar-refractivity contribution in [3.63, 3.8) is 0 Å². The number of hydrogen-bond acceptors (Lipinski definition) is 2. The lowest BCUT2D eigenvalue weighted by Gasteiger charge is -2.12. The van der Waals surface area contributed by atoms with Gasteiger partial charge in [-0.1, -0.05) is 49.4 Å². The van der Waals surface area contributed by atoms with Crippen LogP contribution in [-0.2, 0) is 12.6 Å². The molecule has 152 valence electrons. The molecule has 0 fully saturated rings. The number of para-hydroxylation sites is 1. The van der Waals surface area contributed by atoms with E-state index < -0.39 is 11.9 Å². The topological polar surface area (TPSA) is 50.7 Å². The molecule has 2 aromatic heterocycles. The third-order valence-electron chi connectivity index (χ3n) is 4.90. The van der Waals surface area contributed by atoms with E-state index in [-0.39, 0.29) is 5.56 Å². The van der Waals surface area contributed by atoms with E-state index in [1.807, 2.05) is 19.1 Å². The van der Waals surface area contributed by atoms with Crippen LogP contribution in [0.2, 0.25) is 0 Å². The predicted octanol–water partition coefficient (Wildman–Crippen LogP) is 5.48. The minimum Gasteiger partial charge on any atom is -0.328 e. The van der Waals surface area contributed by atoms with Gasteiger partial charge < -0.3 is 4.98 Å². The monoisotopic (exact) mass is 409 g/mol. The van der Waals surface area contributed by atoms with Gasteiger partial charge in [0.25, 0.3) is 0 Å². The van der Waals surface area contributed by atoms with E-state index in [1.165, 1.54) is 10.7 Å². The Kier molecular flexibility index (Phi) is 5.03. The summed E-state index contributed by atoms with van der Waals surface area (Å²) in [5, 5.41) is 3.88. The Morgan fingerprint density at radius 2 is 1.60 bits per heavy atom. The van der Waals surface area contributed by atoms with Gasteiger partial charge in [0.1, 0.15) is 0 Å². The van der Waals surface area contributed by atoms with Crippen LogP contribution in [-0.4, -0.2) is 14.8 Å². The van der Waals surface area contributed by atoms with E-state index in [0.29, 0.717) is 23.4 Å². The van der Waals surface area contributed by atoms with Gasteiger partial charge in [0.2, 0.25) is 5.56 Å². The zero-order valence-corrected chi connectivity index (χ0v) is 16.1. The van der Waals surface area contributed by atoms with Gasteiger partial charge in [-0.15, -0.1) is 0 Å². The van der Waals surface area contributed by atoms with Crippen LogP contribution in [0.25, 0.3) is 28.1 Å². The van der Waals surface area contributed by atoms with Gasteiger partial charge >= 0.3 is 6.18 Å². The molecule has 0 atom stereocenters. The summed E-state index contributed by atoms with van der Waals surface area (Å²) in [4.78, 5) is 13.9. The van der Waals surface area contributed by atoms with Crippen molar-refractivity contribution >= 4 is 0 Å². The maximum Gasteiger partial charge on any atom is 0.435 e. The highest BCUT2D eigenvalue weighted by Gasteiger charge is 2.35. The highest BCUT2D eigenvalue weighted by atomic mass is 19.4. The number of hydrogen-bond donors (Lipinski definition) is 1. The number of nitrogens with one attached hydrogen (secondary N) is 1. The lowest BCUT2D eigenvalue weighted by atomic mass is 10.0. The number of H-pyrrole nitrogens is 1. The Morgan fingerprint density at radius 3 is 2.23 bits per heavy atom. The molecule has 7 heteroatoms. The molecule has 2 aromatic carbocycles. The van der Waals surface area contributed by atoms with Crippen molar-refractivity contribution in [1.82, 2.24) is 14.8 Å². The van der Waals surface area contributed by atoms with Crippen LogP contribution in [0.15, 0.2) is 77.7 Å². The number of halogens is 3. The van der Waals surface area contributed by atoms with Crippen LogP contribution < -0.4 is 5.56 Å². The van der Waals surface area contributed by atoms with Crippen LogP contribution in [0.1, 0.15) is 18.2 Å². The average molecular weight is 409 g/mol. The lowest BCUT2D eigenvalue weighted by Crippen LogP contribution is -2.08. The molecule has 4 nitrogen and oxygen atoms in total. The SMILES string of the molecule is CCc1ccccc1-n1nc(C(F)(F)F)cc1-c1ccc(-c2ccc(=O)[nH]c2)cc1. The summed E-state index contributed by atoms with van der Waals surface area (Å²) >= 11 is 0. The fraction of sp³-hybridized carbons (Fsp3) is 0.130. The highest BCUT2D eigenvalue weighted by molar-refractivity contribution is 5.70. The number of alkyl halides is 3. The standard InChI is InChI=1S/C23H18F3N3O/c1-2-15-5-3-4-6-19(15)29-20(13-21(28-29)23(24,25)26)17-9-7-16(8-10-17)18-11-12-22(30)27-14-18/h3-14H,2H2,1H3,(H,27,30). The molecule has 4 aromatic rings. The number of nitrogens with zero attached hydrogens (tertiary/aromatic N) is 2. The largest absolute Gasteiger partial charge is 0.435 e. The average Bonchev–Trinajstić information content (AvgIpc) is 3.20. The zero-order chi connectivity index (χ0) is 21.3. The number of rotatable bonds is 4. The number of benzene rings is 2.